The number of aryl methyl sites for hydroxylation is 1. The monoisotopic (exact) mass is 491 g/mol. The summed E-state index contributed by atoms with van der Waals surface area (Å²) in [5.41, 5.74) is 3.85. The number of aromatic amines is 1. The Kier molecular flexibility index (Phi) is 6.44. The van der Waals surface area contributed by atoms with Crippen molar-refractivity contribution in [1.29, 1.82) is 0 Å². The second kappa shape index (κ2) is 9.65. The summed E-state index contributed by atoms with van der Waals surface area (Å²) in [7, 11) is 1.65. The first-order valence-corrected chi connectivity index (χ1v) is 12.5. The summed E-state index contributed by atoms with van der Waals surface area (Å²) in [5.74, 6) is 0.783. The fraction of sp³-hybridized carbons (Fsp3) is 0.222. The Bertz CT molecular complexity index is 1330. The zero-order valence-electron chi connectivity index (χ0n) is 19.2. The van der Waals surface area contributed by atoms with Gasteiger partial charge in [0.25, 0.3) is 5.91 Å². The number of nitrogens with zero attached hydrogens (tertiary/aromatic N) is 2. The second-order valence-corrected chi connectivity index (χ2v) is 9.89. The maximum Gasteiger partial charge on any atom is 0.271 e. The second-order valence-electron chi connectivity index (χ2n) is 8.37. The highest BCUT2D eigenvalue weighted by molar-refractivity contribution is 7.99. The first-order valence-electron chi connectivity index (χ1n) is 11.3. The average Bonchev–Trinajstić information content (AvgIpc) is 3.23. The molecule has 0 bridgehead atoms. The van der Waals surface area contributed by atoms with Crippen molar-refractivity contribution >= 4 is 45.9 Å². The molecule has 0 saturated carbocycles. The van der Waals surface area contributed by atoms with Crippen molar-refractivity contribution in [1.82, 2.24) is 9.88 Å². The van der Waals surface area contributed by atoms with Gasteiger partial charge in [0.05, 0.1) is 17.5 Å². The Morgan fingerprint density at radius 1 is 1.00 bits per heavy atom. The van der Waals surface area contributed by atoms with E-state index < -0.39 is 0 Å². The lowest BCUT2D eigenvalue weighted by atomic mass is 10.1. The zero-order valence-corrected chi connectivity index (χ0v) is 20.7. The highest BCUT2D eigenvalue weighted by Crippen LogP contribution is 2.38. The molecule has 7 heteroatoms. The number of hydrogen-bond donors (Lipinski definition) is 1. The number of amides is 1. The van der Waals surface area contributed by atoms with Crippen LogP contribution in [0, 0.1) is 6.92 Å². The van der Waals surface area contributed by atoms with E-state index in [9.17, 15) is 4.79 Å². The molecule has 3 aromatic carbocycles. The van der Waals surface area contributed by atoms with Crippen molar-refractivity contribution in [2.75, 3.05) is 38.2 Å². The van der Waals surface area contributed by atoms with E-state index in [4.69, 9.17) is 16.3 Å². The Labute approximate surface area is 208 Å². The molecular formula is C27H26ClN3O2S. The number of carbonyl (C=O) groups is 1. The van der Waals surface area contributed by atoms with Crippen LogP contribution < -0.4 is 9.64 Å². The number of piperazine rings is 1. The van der Waals surface area contributed by atoms with Gasteiger partial charge in [0, 0.05) is 53.2 Å². The van der Waals surface area contributed by atoms with Crippen LogP contribution in [0.5, 0.6) is 5.75 Å². The van der Waals surface area contributed by atoms with Crippen LogP contribution in [0.4, 0.5) is 5.69 Å². The van der Waals surface area contributed by atoms with Gasteiger partial charge in [0.2, 0.25) is 0 Å². The number of ether oxygens (including phenoxy) is 1. The topological polar surface area (TPSA) is 48.6 Å². The molecule has 1 fully saturated rings. The van der Waals surface area contributed by atoms with E-state index >= 15 is 0 Å². The third-order valence-electron chi connectivity index (χ3n) is 6.21. The number of rotatable bonds is 5. The number of anilines is 1. The number of aromatic nitrogens is 1. The highest BCUT2D eigenvalue weighted by Gasteiger charge is 2.27. The molecule has 0 atom stereocenters. The van der Waals surface area contributed by atoms with E-state index in [0.29, 0.717) is 18.8 Å². The molecule has 34 heavy (non-hydrogen) atoms. The van der Waals surface area contributed by atoms with E-state index in [1.165, 1.54) is 5.56 Å². The van der Waals surface area contributed by atoms with E-state index in [0.717, 1.165) is 50.2 Å². The van der Waals surface area contributed by atoms with E-state index in [1.807, 2.05) is 59.5 Å². The molecule has 1 aliphatic heterocycles. The molecule has 1 amide bonds. The van der Waals surface area contributed by atoms with Crippen molar-refractivity contribution < 1.29 is 9.53 Å². The minimum atomic E-state index is 0.0241. The van der Waals surface area contributed by atoms with Crippen LogP contribution >= 0.6 is 23.4 Å². The Hall–Kier alpha value is -3.09. The minimum Gasteiger partial charge on any atom is -0.497 e. The number of fused-ring (bicyclic) bond motifs is 1. The summed E-state index contributed by atoms with van der Waals surface area (Å²) in [6.07, 6.45) is 0. The smallest absolute Gasteiger partial charge is 0.271 e. The third kappa shape index (κ3) is 4.48. The van der Waals surface area contributed by atoms with Crippen molar-refractivity contribution in [3.63, 3.8) is 0 Å². The normalized spacial score (nSPS) is 14.0. The molecule has 1 aliphatic rings. The van der Waals surface area contributed by atoms with Gasteiger partial charge in [-0.05, 0) is 48.9 Å². The SMILES string of the molecule is COc1ccc2c(Sc3ccccc3)c(C(=O)N3CCN(c4cc(Cl)ccc4C)CC3)[nH]c2c1. The fourth-order valence-corrected chi connectivity index (χ4v) is 5.60. The molecular weight excluding hydrogens is 466 g/mol. The number of hydrogen-bond acceptors (Lipinski definition) is 4. The van der Waals surface area contributed by atoms with Crippen LogP contribution in [0.15, 0.2) is 76.5 Å². The Balaban J connectivity index is 1.42. The number of nitrogens with one attached hydrogen (secondary N) is 1. The molecule has 0 spiro atoms. The average molecular weight is 492 g/mol. The molecule has 1 saturated heterocycles. The van der Waals surface area contributed by atoms with E-state index in [-0.39, 0.29) is 5.91 Å². The lowest BCUT2D eigenvalue weighted by Gasteiger charge is -2.36. The molecule has 1 aromatic heterocycles. The zero-order chi connectivity index (χ0) is 23.7. The molecule has 174 valence electrons. The van der Waals surface area contributed by atoms with Crippen molar-refractivity contribution in [3.8, 4) is 5.75 Å². The summed E-state index contributed by atoms with van der Waals surface area (Å²) < 4.78 is 5.40. The Morgan fingerprint density at radius 3 is 2.50 bits per heavy atom. The van der Waals surface area contributed by atoms with Gasteiger partial charge in [0.15, 0.2) is 0 Å². The predicted octanol–water partition coefficient (Wildman–Crippen LogP) is 6.25. The van der Waals surface area contributed by atoms with Gasteiger partial charge in [-0.3, -0.25) is 4.79 Å². The van der Waals surface area contributed by atoms with Crippen molar-refractivity contribution in [2.24, 2.45) is 0 Å². The molecule has 4 aromatic rings. The highest BCUT2D eigenvalue weighted by atomic mass is 35.5. The molecule has 0 aliphatic carbocycles. The van der Waals surface area contributed by atoms with Crippen molar-refractivity contribution in [2.45, 2.75) is 16.7 Å². The van der Waals surface area contributed by atoms with Gasteiger partial charge in [-0.2, -0.15) is 0 Å². The molecule has 2 heterocycles. The van der Waals surface area contributed by atoms with Gasteiger partial charge < -0.3 is 19.5 Å². The van der Waals surface area contributed by atoms with Gasteiger partial charge >= 0.3 is 0 Å². The number of halogens is 1. The van der Waals surface area contributed by atoms with Gasteiger partial charge in [0.1, 0.15) is 11.4 Å². The summed E-state index contributed by atoms with van der Waals surface area (Å²) in [6.45, 7) is 4.93. The standard InChI is InChI=1S/C27H26ClN3O2S/c1-18-8-9-19(28)16-24(18)30-12-14-31(15-13-30)27(32)25-26(34-21-6-4-3-5-7-21)22-11-10-20(33-2)17-23(22)29-25/h3-11,16-17,29H,12-15H2,1-2H3. The van der Waals surface area contributed by atoms with E-state index in [1.54, 1.807) is 18.9 Å². The van der Waals surface area contributed by atoms with E-state index in [2.05, 4.69) is 28.9 Å². The number of benzene rings is 3. The molecule has 5 nitrogen and oxygen atoms in total. The maximum absolute atomic E-state index is 13.7. The number of carbonyl (C=O) groups excluding carboxylic acids is 1. The fourth-order valence-electron chi connectivity index (χ4n) is 4.37. The van der Waals surface area contributed by atoms with Gasteiger partial charge in [-0.15, -0.1) is 0 Å². The summed E-state index contributed by atoms with van der Waals surface area (Å²) in [5, 5.41) is 1.75. The third-order valence-corrected chi connectivity index (χ3v) is 7.58. The largest absolute Gasteiger partial charge is 0.497 e. The lowest BCUT2D eigenvalue weighted by Crippen LogP contribution is -2.49. The molecule has 0 unspecified atom stereocenters. The van der Waals surface area contributed by atoms with Gasteiger partial charge in [-0.25, -0.2) is 0 Å². The predicted molar refractivity (Wildman–Crippen MR) is 140 cm³/mol. The maximum atomic E-state index is 13.7. The summed E-state index contributed by atoms with van der Waals surface area (Å²) in [6, 6.07) is 22.0. The molecule has 1 N–H and O–H groups in total. The summed E-state index contributed by atoms with van der Waals surface area (Å²) in [4.78, 5) is 23.4. The number of methoxy groups -OCH3 is 1. The van der Waals surface area contributed by atoms with Crippen LogP contribution in [0.3, 0.4) is 0 Å². The molecule has 5 rings (SSSR count). The lowest BCUT2D eigenvalue weighted by molar-refractivity contribution is 0.0738. The first kappa shape index (κ1) is 22.7. The first-order chi connectivity index (χ1) is 16.5. The number of H-pyrrole nitrogens is 1. The van der Waals surface area contributed by atoms with Crippen LogP contribution in [0.2, 0.25) is 5.02 Å². The Morgan fingerprint density at radius 2 is 1.76 bits per heavy atom. The van der Waals surface area contributed by atoms with Crippen LogP contribution in [-0.4, -0.2) is 49.1 Å². The minimum absolute atomic E-state index is 0.0241. The van der Waals surface area contributed by atoms with Gasteiger partial charge in [-0.1, -0.05) is 47.6 Å². The van der Waals surface area contributed by atoms with Crippen LogP contribution in [0.25, 0.3) is 10.9 Å². The summed E-state index contributed by atoms with van der Waals surface area (Å²) >= 11 is 7.85. The molecule has 0 radical (unpaired) electrons. The van der Waals surface area contributed by atoms with Crippen LogP contribution in [0.1, 0.15) is 16.1 Å². The van der Waals surface area contributed by atoms with Crippen molar-refractivity contribution in [3.05, 3.63) is 83.0 Å². The quantitative estimate of drug-likeness (QED) is 0.358. The van der Waals surface area contributed by atoms with Crippen LogP contribution in [-0.2, 0) is 0 Å².